The van der Waals surface area contributed by atoms with Crippen LogP contribution >= 0.6 is 0 Å². The zero-order chi connectivity index (χ0) is 10.8. The number of ether oxygens (including phenoxy) is 1. The quantitative estimate of drug-likeness (QED) is 0.593. The van der Waals surface area contributed by atoms with Gasteiger partial charge in [-0.25, -0.2) is 0 Å². The molecular weight excluding hydrogens is 199 g/mol. The molecule has 1 rings (SSSR count). The Bertz CT molecular complexity index is 349. The summed E-state index contributed by atoms with van der Waals surface area (Å²) in [6, 6.07) is 3.59. The highest BCUT2D eigenvalue weighted by Crippen LogP contribution is 2.29. The standard InChI is InChI=1S/C8H6F3NO2/c9-8(10,11)14-6-3-1-2-5(4-13)7(6)12/h1-4H,12H2. The van der Waals surface area contributed by atoms with Gasteiger partial charge in [-0.1, -0.05) is 6.07 Å². The fourth-order valence-electron chi connectivity index (χ4n) is 0.877. The van der Waals surface area contributed by atoms with Crippen LogP contribution in [0.25, 0.3) is 0 Å². The molecule has 0 unspecified atom stereocenters. The lowest BCUT2D eigenvalue weighted by molar-refractivity contribution is -0.274. The third-order valence-corrected chi connectivity index (χ3v) is 1.45. The van der Waals surface area contributed by atoms with Crippen molar-refractivity contribution in [3.05, 3.63) is 23.8 Å². The van der Waals surface area contributed by atoms with Gasteiger partial charge in [-0.15, -0.1) is 13.2 Å². The van der Waals surface area contributed by atoms with Crippen molar-refractivity contribution in [2.75, 3.05) is 5.73 Å². The topological polar surface area (TPSA) is 52.3 Å². The molecule has 1 aromatic carbocycles. The summed E-state index contributed by atoms with van der Waals surface area (Å²) in [5, 5.41) is 0. The van der Waals surface area contributed by atoms with Crippen molar-refractivity contribution in [1.29, 1.82) is 0 Å². The van der Waals surface area contributed by atoms with Crippen molar-refractivity contribution in [2.24, 2.45) is 0 Å². The summed E-state index contributed by atoms with van der Waals surface area (Å²) in [5.41, 5.74) is 4.89. The first kappa shape index (κ1) is 10.4. The Morgan fingerprint density at radius 2 is 2.00 bits per heavy atom. The van der Waals surface area contributed by atoms with Gasteiger partial charge in [-0.2, -0.15) is 0 Å². The second-order valence-electron chi connectivity index (χ2n) is 2.42. The van der Waals surface area contributed by atoms with Crippen LogP contribution < -0.4 is 10.5 Å². The fourth-order valence-corrected chi connectivity index (χ4v) is 0.877. The molecule has 76 valence electrons. The molecule has 3 nitrogen and oxygen atoms in total. The molecule has 0 spiro atoms. The van der Waals surface area contributed by atoms with Gasteiger partial charge in [0.1, 0.15) is 0 Å². The number of hydrogen-bond acceptors (Lipinski definition) is 3. The molecule has 0 aliphatic carbocycles. The maximum Gasteiger partial charge on any atom is 0.573 e. The molecule has 0 saturated carbocycles. The summed E-state index contributed by atoms with van der Waals surface area (Å²) >= 11 is 0. The number of alkyl halides is 3. The second kappa shape index (κ2) is 3.57. The number of para-hydroxylation sites is 1. The number of carbonyl (C=O) groups excluding carboxylic acids is 1. The molecule has 1 aromatic rings. The van der Waals surface area contributed by atoms with Gasteiger partial charge in [-0.05, 0) is 12.1 Å². The molecule has 0 aliphatic rings. The van der Waals surface area contributed by atoms with Crippen LogP contribution in [0, 0.1) is 0 Å². The average Bonchev–Trinajstić information content (AvgIpc) is 2.06. The normalized spacial score (nSPS) is 11.1. The van der Waals surface area contributed by atoms with Gasteiger partial charge < -0.3 is 10.5 Å². The highest BCUT2D eigenvalue weighted by atomic mass is 19.4. The summed E-state index contributed by atoms with van der Waals surface area (Å²) in [4.78, 5) is 10.3. The molecule has 0 saturated heterocycles. The average molecular weight is 205 g/mol. The monoisotopic (exact) mass is 205 g/mol. The number of nitrogen functional groups attached to an aromatic ring is 1. The Morgan fingerprint density at radius 1 is 1.36 bits per heavy atom. The van der Waals surface area contributed by atoms with Crippen LogP contribution in [-0.2, 0) is 0 Å². The third-order valence-electron chi connectivity index (χ3n) is 1.45. The van der Waals surface area contributed by atoms with Crippen molar-refractivity contribution in [2.45, 2.75) is 6.36 Å². The van der Waals surface area contributed by atoms with E-state index in [0.717, 1.165) is 6.07 Å². The first-order chi connectivity index (χ1) is 6.44. The number of carbonyl (C=O) groups is 1. The summed E-state index contributed by atoms with van der Waals surface area (Å²) in [6.07, 6.45) is -4.45. The number of aldehydes is 1. The number of anilines is 1. The minimum absolute atomic E-state index is 0.0354. The third kappa shape index (κ3) is 2.38. The van der Waals surface area contributed by atoms with Crippen LogP contribution in [0.3, 0.4) is 0 Å². The zero-order valence-corrected chi connectivity index (χ0v) is 6.84. The van der Waals surface area contributed by atoms with Gasteiger partial charge >= 0.3 is 6.36 Å². The van der Waals surface area contributed by atoms with Gasteiger partial charge in [0.2, 0.25) is 0 Å². The van der Waals surface area contributed by atoms with Crippen molar-refractivity contribution >= 4 is 12.0 Å². The van der Waals surface area contributed by atoms with E-state index in [1.165, 1.54) is 12.1 Å². The van der Waals surface area contributed by atoms with E-state index < -0.39 is 12.1 Å². The van der Waals surface area contributed by atoms with Crippen molar-refractivity contribution < 1.29 is 22.7 Å². The predicted molar refractivity (Wildman–Crippen MR) is 42.9 cm³/mol. The minimum Gasteiger partial charge on any atom is -0.404 e. The van der Waals surface area contributed by atoms with Crippen LogP contribution in [0.5, 0.6) is 5.75 Å². The van der Waals surface area contributed by atoms with E-state index in [9.17, 15) is 18.0 Å². The molecule has 0 aliphatic heterocycles. The van der Waals surface area contributed by atoms with Crippen LogP contribution in [0.15, 0.2) is 18.2 Å². The van der Waals surface area contributed by atoms with Gasteiger partial charge in [0.25, 0.3) is 0 Å². The number of nitrogens with two attached hydrogens (primary N) is 1. The highest BCUT2D eigenvalue weighted by molar-refractivity contribution is 5.85. The molecule has 0 atom stereocenters. The van der Waals surface area contributed by atoms with Crippen LogP contribution in [0.1, 0.15) is 10.4 Å². The summed E-state index contributed by atoms with van der Waals surface area (Å²) in [6.45, 7) is 0. The van der Waals surface area contributed by atoms with Gasteiger partial charge in [0, 0.05) is 5.56 Å². The number of hydrogen-bond donors (Lipinski definition) is 1. The smallest absolute Gasteiger partial charge is 0.404 e. The summed E-state index contributed by atoms with van der Waals surface area (Å²) in [5.74, 6) is -0.567. The Morgan fingerprint density at radius 3 is 2.50 bits per heavy atom. The lowest BCUT2D eigenvalue weighted by Gasteiger charge is -2.11. The molecule has 0 aromatic heterocycles. The van der Waals surface area contributed by atoms with Crippen LogP contribution in [-0.4, -0.2) is 12.6 Å². The van der Waals surface area contributed by atoms with Crippen LogP contribution in [0.2, 0.25) is 0 Å². The largest absolute Gasteiger partial charge is 0.573 e. The summed E-state index contributed by atoms with van der Waals surface area (Å²) in [7, 11) is 0. The number of rotatable bonds is 2. The molecule has 0 heterocycles. The van der Waals surface area contributed by atoms with Gasteiger partial charge in [-0.3, -0.25) is 4.79 Å². The molecule has 0 radical (unpaired) electrons. The molecule has 2 N–H and O–H groups in total. The van der Waals surface area contributed by atoms with Crippen molar-refractivity contribution in [3.8, 4) is 5.75 Å². The first-order valence-electron chi connectivity index (χ1n) is 3.53. The van der Waals surface area contributed by atoms with E-state index in [2.05, 4.69) is 4.74 Å². The highest BCUT2D eigenvalue weighted by Gasteiger charge is 2.32. The van der Waals surface area contributed by atoms with Crippen LogP contribution in [0.4, 0.5) is 18.9 Å². The molecule has 0 bridgehead atoms. The molecular formula is C8H6F3NO2. The van der Waals surface area contributed by atoms with E-state index in [-0.39, 0.29) is 11.3 Å². The fraction of sp³-hybridized carbons (Fsp3) is 0.125. The van der Waals surface area contributed by atoms with E-state index in [1.807, 2.05) is 0 Å². The van der Waals surface area contributed by atoms with Crippen molar-refractivity contribution in [3.63, 3.8) is 0 Å². The second-order valence-corrected chi connectivity index (χ2v) is 2.42. The Kier molecular flexibility index (Phi) is 2.64. The molecule has 6 heteroatoms. The Balaban J connectivity index is 3.04. The lowest BCUT2D eigenvalue weighted by Crippen LogP contribution is -2.18. The van der Waals surface area contributed by atoms with E-state index in [0.29, 0.717) is 6.29 Å². The van der Waals surface area contributed by atoms with E-state index >= 15 is 0 Å². The summed E-state index contributed by atoms with van der Waals surface area (Å²) < 4.78 is 39.0. The van der Waals surface area contributed by atoms with E-state index in [4.69, 9.17) is 5.73 Å². The lowest BCUT2D eigenvalue weighted by atomic mass is 10.2. The van der Waals surface area contributed by atoms with Gasteiger partial charge in [0.05, 0.1) is 5.69 Å². The maximum atomic E-state index is 11.8. The Labute approximate surface area is 77.3 Å². The molecule has 0 amide bonds. The van der Waals surface area contributed by atoms with Crippen molar-refractivity contribution in [1.82, 2.24) is 0 Å². The minimum atomic E-state index is -4.81. The Hall–Kier alpha value is -1.72. The number of benzene rings is 1. The first-order valence-corrected chi connectivity index (χ1v) is 3.53. The predicted octanol–water partition coefficient (Wildman–Crippen LogP) is 1.98. The number of halogens is 3. The molecule has 14 heavy (non-hydrogen) atoms. The van der Waals surface area contributed by atoms with E-state index in [1.54, 1.807) is 0 Å². The maximum absolute atomic E-state index is 11.8. The zero-order valence-electron chi connectivity index (χ0n) is 6.84. The SMILES string of the molecule is Nc1c(C=O)cccc1OC(F)(F)F. The van der Waals surface area contributed by atoms with Gasteiger partial charge in [0.15, 0.2) is 12.0 Å². The molecule has 0 fully saturated rings.